The highest BCUT2D eigenvalue weighted by molar-refractivity contribution is 7.90. The molecule has 2 N–H and O–H groups in total. The molecule has 0 unspecified atom stereocenters. The molecule has 0 radical (unpaired) electrons. The van der Waals surface area contributed by atoms with Crippen LogP contribution in [0.25, 0.3) is 0 Å². The van der Waals surface area contributed by atoms with Gasteiger partial charge in [0.2, 0.25) is 5.91 Å². The van der Waals surface area contributed by atoms with Gasteiger partial charge in [0.15, 0.2) is 0 Å². The van der Waals surface area contributed by atoms with Gasteiger partial charge in [0.05, 0.1) is 5.69 Å². The fraction of sp³-hybridized carbons (Fsp3) is 0.364. The molecule has 2 aliphatic rings. The molecule has 2 aromatic rings. The van der Waals surface area contributed by atoms with Crippen LogP contribution in [-0.4, -0.2) is 20.2 Å². The standard InChI is InChI=1S/C22H24ClN3O3S/c23-17-9-7-16(8-10-17)15-24-21(27)14-22(11-3-4-12-22)13-20-25-18-5-1-2-6-19(18)30(28,29)26-20/h1-2,5-10H,3-4,11-15H2,(H,24,27)(H,25,26). The van der Waals surface area contributed by atoms with Gasteiger partial charge in [-0.3, -0.25) is 4.79 Å². The van der Waals surface area contributed by atoms with Crippen LogP contribution in [0.5, 0.6) is 0 Å². The first-order valence-corrected chi connectivity index (χ1v) is 11.9. The third-order valence-corrected chi connectivity index (χ3v) is 7.44. The van der Waals surface area contributed by atoms with E-state index in [1.165, 1.54) is 0 Å². The van der Waals surface area contributed by atoms with Gasteiger partial charge in [-0.25, -0.2) is 0 Å². The molecule has 0 saturated heterocycles. The van der Waals surface area contributed by atoms with Gasteiger partial charge in [-0.2, -0.15) is 8.42 Å². The van der Waals surface area contributed by atoms with Crippen molar-refractivity contribution >= 4 is 39.1 Å². The fourth-order valence-electron chi connectivity index (χ4n) is 4.35. The van der Waals surface area contributed by atoms with Crippen LogP contribution < -0.4 is 10.6 Å². The number of amides is 1. The maximum absolute atomic E-state index is 12.7. The van der Waals surface area contributed by atoms with Gasteiger partial charge in [0, 0.05) is 24.4 Å². The number of hydrogen-bond acceptors (Lipinski definition) is 4. The Balaban J connectivity index is 1.45. The third-order valence-electron chi connectivity index (χ3n) is 5.82. The minimum atomic E-state index is -3.72. The van der Waals surface area contributed by atoms with E-state index >= 15 is 0 Å². The zero-order valence-electron chi connectivity index (χ0n) is 16.5. The number of rotatable bonds is 6. The summed E-state index contributed by atoms with van der Waals surface area (Å²) in [6.07, 6.45) is 4.60. The number of sulfonamides is 1. The average Bonchev–Trinajstić information content (AvgIpc) is 3.15. The molecular weight excluding hydrogens is 422 g/mol. The van der Waals surface area contributed by atoms with E-state index in [-0.39, 0.29) is 16.2 Å². The number of halogens is 1. The molecule has 1 saturated carbocycles. The Hall–Kier alpha value is -2.38. The van der Waals surface area contributed by atoms with Gasteiger partial charge < -0.3 is 10.6 Å². The lowest BCUT2D eigenvalue weighted by molar-refractivity contribution is -0.123. The van der Waals surface area contributed by atoms with Gasteiger partial charge in [-0.05, 0) is 48.1 Å². The molecule has 1 aliphatic carbocycles. The molecule has 1 aliphatic heterocycles. The van der Waals surface area contributed by atoms with Crippen LogP contribution in [0.4, 0.5) is 5.69 Å². The van der Waals surface area contributed by atoms with Crippen molar-refractivity contribution in [3.8, 4) is 0 Å². The maximum atomic E-state index is 12.7. The summed E-state index contributed by atoms with van der Waals surface area (Å²) in [6, 6.07) is 14.1. The quantitative estimate of drug-likeness (QED) is 0.684. The number of hydrogen-bond donors (Lipinski definition) is 2. The van der Waals surface area contributed by atoms with Gasteiger partial charge in [-0.1, -0.05) is 48.7 Å². The zero-order valence-corrected chi connectivity index (χ0v) is 18.1. The van der Waals surface area contributed by atoms with E-state index in [9.17, 15) is 13.2 Å². The number of anilines is 1. The molecule has 0 atom stereocenters. The van der Waals surface area contributed by atoms with Crippen molar-refractivity contribution in [1.82, 2.24) is 5.32 Å². The van der Waals surface area contributed by atoms with E-state index in [1.807, 2.05) is 12.1 Å². The fourth-order valence-corrected chi connectivity index (χ4v) is 5.62. The van der Waals surface area contributed by atoms with Gasteiger partial charge in [0.25, 0.3) is 10.0 Å². The Kier molecular flexibility index (Phi) is 5.84. The zero-order chi connectivity index (χ0) is 21.2. The summed E-state index contributed by atoms with van der Waals surface area (Å²) < 4.78 is 29.1. The number of amidine groups is 1. The molecule has 8 heteroatoms. The lowest BCUT2D eigenvalue weighted by atomic mass is 9.78. The molecule has 30 heavy (non-hydrogen) atoms. The Morgan fingerprint density at radius 2 is 1.80 bits per heavy atom. The summed E-state index contributed by atoms with van der Waals surface area (Å²) in [6.45, 7) is 0.438. The second-order valence-corrected chi connectivity index (χ2v) is 10.1. The highest BCUT2D eigenvalue weighted by Crippen LogP contribution is 2.45. The lowest BCUT2D eigenvalue weighted by Crippen LogP contribution is -2.34. The van der Waals surface area contributed by atoms with Crippen molar-refractivity contribution in [3.05, 3.63) is 59.1 Å². The summed E-state index contributed by atoms with van der Waals surface area (Å²) in [5, 5.41) is 6.81. The molecule has 2 aromatic carbocycles. The Bertz CT molecular complexity index is 1080. The van der Waals surface area contributed by atoms with Crippen LogP contribution in [0.1, 0.15) is 44.1 Å². The highest BCUT2D eigenvalue weighted by atomic mass is 35.5. The number of fused-ring (bicyclic) bond motifs is 1. The number of carbonyl (C=O) groups excluding carboxylic acids is 1. The molecular formula is C22H24ClN3O3S. The van der Waals surface area contributed by atoms with Crippen LogP contribution in [0.2, 0.25) is 5.02 Å². The van der Waals surface area contributed by atoms with Crippen molar-refractivity contribution in [2.75, 3.05) is 5.32 Å². The molecule has 1 fully saturated rings. The Labute approximate surface area is 181 Å². The number of nitrogens with zero attached hydrogens (tertiary/aromatic N) is 1. The average molecular weight is 446 g/mol. The molecule has 1 heterocycles. The van der Waals surface area contributed by atoms with Crippen molar-refractivity contribution < 1.29 is 13.2 Å². The van der Waals surface area contributed by atoms with Crippen molar-refractivity contribution in [3.63, 3.8) is 0 Å². The Morgan fingerprint density at radius 1 is 1.10 bits per heavy atom. The minimum Gasteiger partial charge on any atom is -0.352 e. The summed E-state index contributed by atoms with van der Waals surface area (Å²) in [4.78, 5) is 12.9. The van der Waals surface area contributed by atoms with Crippen LogP contribution >= 0.6 is 11.6 Å². The number of carbonyl (C=O) groups is 1. The first-order chi connectivity index (χ1) is 14.4. The van der Waals surface area contributed by atoms with Crippen molar-refractivity contribution in [2.45, 2.75) is 50.0 Å². The van der Waals surface area contributed by atoms with E-state index in [4.69, 9.17) is 11.6 Å². The molecule has 1 amide bonds. The van der Waals surface area contributed by atoms with Crippen molar-refractivity contribution in [1.29, 1.82) is 0 Å². The summed E-state index contributed by atoms with van der Waals surface area (Å²) >= 11 is 5.90. The number of benzene rings is 2. The maximum Gasteiger partial charge on any atom is 0.286 e. The summed E-state index contributed by atoms with van der Waals surface area (Å²) in [7, 11) is -3.72. The monoisotopic (exact) mass is 445 g/mol. The lowest BCUT2D eigenvalue weighted by Gasteiger charge is -2.30. The van der Waals surface area contributed by atoms with Crippen LogP contribution in [0.15, 0.2) is 57.8 Å². The second kappa shape index (κ2) is 8.40. The molecule has 0 spiro atoms. The Morgan fingerprint density at radius 3 is 2.53 bits per heavy atom. The normalized spacial score (nSPS) is 18.8. The summed E-state index contributed by atoms with van der Waals surface area (Å²) in [5.41, 5.74) is 1.25. The van der Waals surface area contributed by atoms with Crippen molar-refractivity contribution in [2.24, 2.45) is 9.81 Å². The predicted octanol–water partition coefficient (Wildman–Crippen LogP) is 4.51. The third kappa shape index (κ3) is 4.68. The van der Waals surface area contributed by atoms with Gasteiger partial charge in [-0.15, -0.1) is 4.40 Å². The van der Waals surface area contributed by atoms with E-state index < -0.39 is 10.0 Å². The SMILES string of the molecule is O=C(CC1(CC2=NS(=O)(=O)c3ccccc3N2)CCCC1)NCc1ccc(Cl)cc1. The summed E-state index contributed by atoms with van der Waals surface area (Å²) in [5.74, 6) is 0.382. The molecule has 4 rings (SSSR count). The van der Waals surface area contributed by atoms with Gasteiger partial charge >= 0.3 is 0 Å². The molecule has 158 valence electrons. The van der Waals surface area contributed by atoms with E-state index in [0.29, 0.717) is 35.9 Å². The molecule has 0 aromatic heterocycles. The van der Waals surface area contributed by atoms with Crippen LogP contribution in [0.3, 0.4) is 0 Å². The number of nitrogens with one attached hydrogen (secondary N) is 2. The largest absolute Gasteiger partial charge is 0.352 e. The topological polar surface area (TPSA) is 87.6 Å². The number of para-hydroxylation sites is 1. The molecule has 0 bridgehead atoms. The van der Waals surface area contributed by atoms with Crippen LogP contribution in [-0.2, 0) is 21.4 Å². The highest BCUT2D eigenvalue weighted by Gasteiger charge is 2.38. The predicted molar refractivity (Wildman–Crippen MR) is 118 cm³/mol. The van der Waals surface area contributed by atoms with E-state index in [2.05, 4.69) is 15.0 Å². The molecule has 6 nitrogen and oxygen atoms in total. The first-order valence-electron chi connectivity index (χ1n) is 10.1. The van der Waals surface area contributed by atoms with Crippen LogP contribution in [0, 0.1) is 5.41 Å². The van der Waals surface area contributed by atoms with E-state index in [1.54, 1.807) is 36.4 Å². The minimum absolute atomic E-state index is 0.0356. The first kappa shape index (κ1) is 20.9. The van der Waals surface area contributed by atoms with Gasteiger partial charge in [0.1, 0.15) is 10.7 Å². The smallest absolute Gasteiger partial charge is 0.286 e. The second-order valence-electron chi connectivity index (χ2n) is 8.10. The van der Waals surface area contributed by atoms with E-state index in [0.717, 1.165) is 31.2 Å².